The van der Waals surface area contributed by atoms with Crippen LogP contribution in [0.1, 0.15) is 16.8 Å². The molecule has 0 fully saturated rings. The quantitative estimate of drug-likeness (QED) is 0.877. The molecule has 1 aliphatic rings. The molecule has 0 unspecified atom stereocenters. The van der Waals surface area contributed by atoms with Gasteiger partial charge in [-0.05, 0) is 23.3 Å². The summed E-state index contributed by atoms with van der Waals surface area (Å²) in [5.41, 5.74) is 2.64. The Hall–Kier alpha value is -2.13. The van der Waals surface area contributed by atoms with E-state index < -0.39 is 0 Å². The maximum Gasteiger partial charge on any atom is 0.170 e. The second kappa shape index (κ2) is 6.10. The van der Waals surface area contributed by atoms with Gasteiger partial charge in [-0.3, -0.25) is 9.79 Å². The van der Waals surface area contributed by atoms with Gasteiger partial charge in [-0.15, -0.1) is 0 Å². The Morgan fingerprint density at radius 2 is 1.90 bits per heavy atom. The number of halogens is 1. The molecule has 0 saturated carbocycles. The highest BCUT2D eigenvalue weighted by molar-refractivity contribution is 6.30. The van der Waals surface area contributed by atoms with Crippen molar-refractivity contribution < 1.29 is 4.79 Å². The molecule has 2 aromatic carbocycles. The molecule has 4 heteroatoms. The van der Waals surface area contributed by atoms with Crippen LogP contribution in [0, 0.1) is 0 Å². The molecule has 1 aliphatic heterocycles. The van der Waals surface area contributed by atoms with Gasteiger partial charge in [0.15, 0.2) is 5.78 Å². The molecule has 3 nitrogen and oxygen atoms in total. The van der Waals surface area contributed by atoms with Crippen LogP contribution in [0.15, 0.2) is 53.5 Å². The van der Waals surface area contributed by atoms with Crippen molar-refractivity contribution in [1.29, 1.82) is 0 Å². The number of carbonyl (C=O) groups is 1. The van der Waals surface area contributed by atoms with Gasteiger partial charge in [0.1, 0.15) is 5.84 Å². The SMILES string of the molecule is O=C(CC1=NCCN1)c1ccccc1-c1ccc(Cl)cc1. The first-order valence-electron chi connectivity index (χ1n) is 6.89. The summed E-state index contributed by atoms with van der Waals surface area (Å²) in [6.07, 6.45) is 0.324. The van der Waals surface area contributed by atoms with Gasteiger partial charge in [0.25, 0.3) is 0 Å². The van der Waals surface area contributed by atoms with Crippen molar-refractivity contribution in [3.63, 3.8) is 0 Å². The first kappa shape index (κ1) is 13.8. The van der Waals surface area contributed by atoms with Crippen LogP contribution in [0.4, 0.5) is 0 Å². The van der Waals surface area contributed by atoms with E-state index in [1.807, 2.05) is 48.5 Å². The first-order valence-corrected chi connectivity index (χ1v) is 7.27. The van der Waals surface area contributed by atoms with Gasteiger partial charge in [-0.2, -0.15) is 0 Å². The molecule has 2 aromatic rings. The Morgan fingerprint density at radius 3 is 2.62 bits per heavy atom. The highest BCUT2D eigenvalue weighted by Crippen LogP contribution is 2.26. The molecule has 3 rings (SSSR count). The summed E-state index contributed by atoms with van der Waals surface area (Å²) >= 11 is 5.92. The molecule has 0 amide bonds. The lowest BCUT2D eigenvalue weighted by molar-refractivity contribution is 0.100. The third-order valence-corrected chi connectivity index (χ3v) is 3.71. The number of carbonyl (C=O) groups excluding carboxylic acids is 1. The van der Waals surface area contributed by atoms with Crippen molar-refractivity contribution in [2.75, 3.05) is 13.1 Å². The smallest absolute Gasteiger partial charge is 0.170 e. The predicted molar refractivity (Wildman–Crippen MR) is 86.1 cm³/mol. The van der Waals surface area contributed by atoms with Crippen molar-refractivity contribution in [3.8, 4) is 11.1 Å². The number of nitrogens with one attached hydrogen (secondary N) is 1. The Labute approximate surface area is 128 Å². The maximum atomic E-state index is 12.5. The average Bonchev–Trinajstić information content (AvgIpc) is 3.01. The Morgan fingerprint density at radius 1 is 1.14 bits per heavy atom. The minimum atomic E-state index is 0.0775. The minimum absolute atomic E-state index is 0.0775. The number of Topliss-reactive ketones (excluding diaryl/α,β-unsaturated/α-hetero) is 1. The zero-order chi connectivity index (χ0) is 14.7. The topological polar surface area (TPSA) is 41.5 Å². The fraction of sp³-hybridized carbons (Fsp3) is 0.176. The zero-order valence-electron chi connectivity index (χ0n) is 11.5. The van der Waals surface area contributed by atoms with Gasteiger partial charge < -0.3 is 5.32 Å². The molecule has 0 saturated heterocycles. The van der Waals surface area contributed by atoms with E-state index in [9.17, 15) is 4.79 Å². The van der Waals surface area contributed by atoms with E-state index in [-0.39, 0.29) is 5.78 Å². The Balaban J connectivity index is 1.91. The van der Waals surface area contributed by atoms with Gasteiger partial charge in [-0.1, -0.05) is 48.0 Å². The lowest BCUT2D eigenvalue weighted by Crippen LogP contribution is -2.21. The lowest BCUT2D eigenvalue weighted by atomic mass is 9.96. The molecular formula is C17H15ClN2O. The van der Waals surface area contributed by atoms with Crippen LogP contribution in [-0.4, -0.2) is 24.7 Å². The Bertz CT molecular complexity index is 692. The molecule has 0 bridgehead atoms. The number of nitrogens with zero attached hydrogens (tertiary/aromatic N) is 1. The van der Waals surface area contributed by atoms with Gasteiger partial charge in [0.2, 0.25) is 0 Å². The summed E-state index contributed by atoms with van der Waals surface area (Å²) in [4.78, 5) is 16.8. The van der Waals surface area contributed by atoms with E-state index in [1.54, 1.807) is 0 Å². The van der Waals surface area contributed by atoms with Gasteiger partial charge in [0, 0.05) is 17.1 Å². The van der Waals surface area contributed by atoms with Crippen LogP contribution in [0.3, 0.4) is 0 Å². The van der Waals surface area contributed by atoms with Crippen molar-refractivity contribution in [2.45, 2.75) is 6.42 Å². The van der Waals surface area contributed by atoms with Crippen LogP contribution < -0.4 is 5.32 Å². The molecule has 0 radical (unpaired) electrons. The van der Waals surface area contributed by atoms with Crippen LogP contribution in [0.25, 0.3) is 11.1 Å². The van der Waals surface area contributed by atoms with Crippen LogP contribution >= 0.6 is 11.6 Å². The zero-order valence-corrected chi connectivity index (χ0v) is 12.2. The fourth-order valence-corrected chi connectivity index (χ4v) is 2.55. The maximum absolute atomic E-state index is 12.5. The highest BCUT2D eigenvalue weighted by atomic mass is 35.5. The number of amidine groups is 1. The van der Waals surface area contributed by atoms with Crippen molar-refractivity contribution in [1.82, 2.24) is 5.32 Å². The molecule has 0 aromatic heterocycles. The van der Waals surface area contributed by atoms with E-state index in [4.69, 9.17) is 11.6 Å². The first-order chi connectivity index (χ1) is 10.2. The molecule has 0 atom stereocenters. The Kier molecular flexibility index (Phi) is 4.02. The third kappa shape index (κ3) is 3.14. The van der Waals surface area contributed by atoms with Crippen LogP contribution in [-0.2, 0) is 0 Å². The van der Waals surface area contributed by atoms with Crippen LogP contribution in [0.2, 0.25) is 5.02 Å². The number of ketones is 1. The number of aliphatic imine (C=N–C) groups is 1. The van der Waals surface area contributed by atoms with Crippen molar-refractivity contribution in [2.24, 2.45) is 4.99 Å². The number of hydrogen-bond donors (Lipinski definition) is 1. The summed E-state index contributed by atoms with van der Waals surface area (Å²) in [5, 5.41) is 3.82. The number of rotatable bonds is 4. The van der Waals surface area contributed by atoms with E-state index in [0.717, 1.165) is 35.6 Å². The van der Waals surface area contributed by atoms with Crippen LogP contribution in [0.5, 0.6) is 0 Å². The minimum Gasteiger partial charge on any atom is -0.372 e. The second-order valence-electron chi connectivity index (χ2n) is 4.91. The molecule has 1 heterocycles. The molecular weight excluding hydrogens is 284 g/mol. The second-order valence-corrected chi connectivity index (χ2v) is 5.34. The number of hydrogen-bond acceptors (Lipinski definition) is 3. The molecule has 21 heavy (non-hydrogen) atoms. The predicted octanol–water partition coefficient (Wildman–Crippen LogP) is 3.58. The largest absolute Gasteiger partial charge is 0.372 e. The molecule has 106 valence electrons. The fourth-order valence-electron chi connectivity index (χ4n) is 2.42. The van der Waals surface area contributed by atoms with E-state index in [0.29, 0.717) is 11.4 Å². The normalized spacial score (nSPS) is 13.7. The number of benzene rings is 2. The summed E-state index contributed by atoms with van der Waals surface area (Å²) in [6, 6.07) is 15.2. The third-order valence-electron chi connectivity index (χ3n) is 3.45. The van der Waals surface area contributed by atoms with E-state index >= 15 is 0 Å². The van der Waals surface area contributed by atoms with Crippen molar-refractivity contribution >= 4 is 23.2 Å². The molecule has 1 N–H and O–H groups in total. The standard InChI is InChI=1S/C17H15ClN2O/c18-13-7-5-12(6-8-13)14-3-1-2-4-15(14)16(21)11-17-19-9-10-20-17/h1-8H,9-11H2,(H,19,20). The summed E-state index contributed by atoms with van der Waals surface area (Å²) < 4.78 is 0. The van der Waals surface area contributed by atoms with E-state index in [1.165, 1.54) is 0 Å². The van der Waals surface area contributed by atoms with Gasteiger partial charge in [0.05, 0.1) is 13.0 Å². The monoisotopic (exact) mass is 298 g/mol. The van der Waals surface area contributed by atoms with Gasteiger partial charge >= 0.3 is 0 Å². The van der Waals surface area contributed by atoms with Crippen molar-refractivity contribution in [3.05, 3.63) is 59.1 Å². The average molecular weight is 299 g/mol. The summed E-state index contributed by atoms with van der Waals surface area (Å²) in [5.74, 6) is 0.861. The lowest BCUT2D eigenvalue weighted by Gasteiger charge is -2.09. The van der Waals surface area contributed by atoms with Gasteiger partial charge in [-0.25, -0.2) is 0 Å². The molecule has 0 aliphatic carbocycles. The summed E-state index contributed by atoms with van der Waals surface area (Å²) in [7, 11) is 0. The molecule has 0 spiro atoms. The summed E-state index contributed by atoms with van der Waals surface area (Å²) in [6.45, 7) is 1.57. The highest BCUT2D eigenvalue weighted by Gasteiger charge is 2.16. The van der Waals surface area contributed by atoms with E-state index in [2.05, 4.69) is 10.3 Å².